The lowest BCUT2D eigenvalue weighted by molar-refractivity contribution is -0.132. The molecule has 0 saturated carbocycles. The molecule has 2 aromatic rings. The summed E-state index contributed by atoms with van der Waals surface area (Å²) in [6.45, 7) is 3.52. The Bertz CT molecular complexity index is 741. The fraction of sp³-hybridized carbons (Fsp3) is 0.421. The molecule has 6 heteroatoms. The minimum absolute atomic E-state index is 0.172. The lowest BCUT2D eigenvalue weighted by Crippen LogP contribution is -2.39. The Balaban J connectivity index is 1.62. The lowest BCUT2D eigenvalue weighted by Gasteiger charge is -2.33. The van der Waals surface area contributed by atoms with E-state index in [1.807, 2.05) is 23.1 Å². The second kappa shape index (κ2) is 7.51. The number of primary amides is 1. The first-order chi connectivity index (χ1) is 12.0. The predicted octanol–water partition coefficient (Wildman–Crippen LogP) is 2.41. The number of carbonyl (C=O) groups is 2. The molecule has 1 aliphatic heterocycles. The number of H-pyrrole nitrogens is 1. The van der Waals surface area contributed by atoms with Gasteiger partial charge in [0.25, 0.3) is 5.91 Å². The number of benzene rings is 1. The number of nitrogens with one attached hydrogen (secondary N) is 1. The second-order valence-corrected chi connectivity index (χ2v) is 6.77. The van der Waals surface area contributed by atoms with E-state index in [-0.39, 0.29) is 23.4 Å². The fourth-order valence-corrected chi connectivity index (χ4v) is 3.42. The summed E-state index contributed by atoms with van der Waals surface area (Å²) >= 11 is 0. The molecule has 0 bridgehead atoms. The Hall–Kier alpha value is -2.63. The topological polar surface area (TPSA) is 92.1 Å². The molecular weight excluding hydrogens is 316 g/mol. The Kier molecular flexibility index (Phi) is 5.16. The summed E-state index contributed by atoms with van der Waals surface area (Å²) in [7, 11) is 0. The van der Waals surface area contributed by atoms with E-state index < -0.39 is 5.91 Å². The molecule has 1 fully saturated rings. The summed E-state index contributed by atoms with van der Waals surface area (Å²) in [6.07, 6.45) is 2.42. The number of nitrogens with two attached hydrogens (primary N) is 1. The first kappa shape index (κ1) is 17.2. The molecule has 0 unspecified atom stereocenters. The minimum Gasteiger partial charge on any atom is -0.364 e. The predicted molar refractivity (Wildman–Crippen MR) is 95.1 cm³/mol. The van der Waals surface area contributed by atoms with Crippen molar-refractivity contribution in [1.82, 2.24) is 15.1 Å². The largest absolute Gasteiger partial charge is 0.364 e. The number of amides is 2. The van der Waals surface area contributed by atoms with E-state index in [9.17, 15) is 9.59 Å². The molecule has 6 nitrogen and oxygen atoms in total. The normalized spacial score (nSPS) is 18.8. The molecule has 3 rings (SSSR count). The van der Waals surface area contributed by atoms with Crippen molar-refractivity contribution in [3.63, 3.8) is 0 Å². The van der Waals surface area contributed by atoms with Gasteiger partial charge in [-0.15, -0.1) is 0 Å². The van der Waals surface area contributed by atoms with Gasteiger partial charge in [-0.25, -0.2) is 0 Å². The zero-order valence-corrected chi connectivity index (χ0v) is 14.4. The van der Waals surface area contributed by atoms with Crippen LogP contribution in [0.1, 0.15) is 59.8 Å². The molecule has 3 N–H and O–H groups in total. The number of rotatable bonds is 5. The van der Waals surface area contributed by atoms with Crippen LogP contribution in [-0.2, 0) is 4.79 Å². The Labute approximate surface area is 147 Å². The van der Waals surface area contributed by atoms with Crippen molar-refractivity contribution in [3.05, 3.63) is 53.3 Å². The van der Waals surface area contributed by atoms with Crippen LogP contribution in [-0.4, -0.2) is 40.0 Å². The van der Waals surface area contributed by atoms with Gasteiger partial charge in [-0.05, 0) is 30.4 Å². The molecule has 2 heterocycles. The molecule has 1 aliphatic rings. The zero-order valence-electron chi connectivity index (χ0n) is 14.4. The van der Waals surface area contributed by atoms with Gasteiger partial charge in [-0.1, -0.05) is 37.3 Å². The van der Waals surface area contributed by atoms with Crippen LogP contribution in [0.15, 0.2) is 36.4 Å². The molecule has 1 saturated heterocycles. The highest BCUT2D eigenvalue weighted by atomic mass is 16.2. The van der Waals surface area contributed by atoms with Crippen LogP contribution < -0.4 is 5.73 Å². The lowest BCUT2D eigenvalue weighted by atomic mass is 9.93. The Morgan fingerprint density at radius 1 is 1.36 bits per heavy atom. The van der Waals surface area contributed by atoms with Crippen molar-refractivity contribution in [1.29, 1.82) is 0 Å². The van der Waals surface area contributed by atoms with Gasteiger partial charge in [-0.2, -0.15) is 5.10 Å². The number of likely N-dealkylation sites (tertiary alicyclic amines) is 1. The molecule has 1 aromatic carbocycles. The van der Waals surface area contributed by atoms with Gasteiger partial charge in [0.1, 0.15) is 5.69 Å². The van der Waals surface area contributed by atoms with Crippen LogP contribution in [0.2, 0.25) is 0 Å². The highest BCUT2D eigenvalue weighted by Crippen LogP contribution is 2.28. The Morgan fingerprint density at radius 3 is 2.80 bits per heavy atom. The molecule has 0 aliphatic carbocycles. The SMILES string of the molecule is C[C@@H](CC(=O)N1CCC[C@@H](c2cc(C(N)=O)n[nH]2)C1)c1ccccc1. The maximum absolute atomic E-state index is 12.7. The smallest absolute Gasteiger partial charge is 0.269 e. The number of carbonyl (C=O) groups excluding carboxylic acids is 2. The van der Waals surface area contributed by atoms with E-state index in [0.29, 0.717) is 13.0 Å². The van der Waals surface area contributed by atoms with Crippen molar-refractivity contribution in [3.8, 4) is 0 Å². The van der Waals surface area contributed by atoms with Crippen LogP contribution in [0.3, 0.4) is 0 Å². The highest BCUT2D eigenvalue weighted by Gasteiger charge is 2.27. The number of aromatic nitrogens is 2. The minimum atomic E-state index is -0.539. The average Bonchev–Trinajstić information content (AvgIpc) is 3.13. The maximum atomic E-state index is 12.7. The third-order valence-corrected chi connectivity index (χ3v) is 4.91. The van der Waals surface area contributed by atoms with Crippen LogP contribution in [0.5, 0.6) is 0 Å². The third kappa shape index (κ3) is 4.07. The summed E-state index contributed by atoms with van der Waals surface area (Å²) in [5.74, 6) is 0.00616. The van der Waals surface area contributed by atoms with Crippen LogP contribution in [0.4, 0.5) is 0 Å². The quantitative estimate of drug-likeness (QED) is 0.875. The summed E-state index contributed by atoms with van der Waals surface area (Å²) in [5.41, 5.74) is 7.56. The van der Waals surface area contributed by atoms with Gasteiger partial charge in [0.2, 0.25) is 5.91 Å². The monoisotopic (exact) mass is 340 g/mol. The summed E-state index contributed by atoms with van der Waals surface area (Å²) in [4.78, 5) is 25.8. The number of hydrogen-bond acceptors (Lipinski definition) is 3. The van der Waals surface area contributed by atoms with Crippen LogP contribution in [0, 0.1) is 0 Å². The highest BCUT2D eigenvalue weighted by molar-refractivity contribution is 5.90. The van der Waals surface area contributed by atoms with Crippen molar-refractivity contribution >= 4 is 11.8 Å². The second-order valence-electron chi connectivity index (χ2n) is 6.77. The van der Waals surface area contributed by atoms with Gasteiger partial charge < -0.3 is 10.6 Å². The van der Waals surface area contributed by atoms with Crippen molar-refractivity contribution in [2.75, 3.05) is 13.1 Å². The summed E-state index contributed by atoms with van der Waals surface area (Å²) in [5, 5.41) is 6.84. The fourth-order valence-electron chi connectivity index (χ4n) is 3.42. The number of nitrogens with zero attached hydrogens (tertiary/aromatic N) is 2. The number of piperidine rings is 1. The van der Waals surface area contributed by atoms with Crippen molar-refractivity contribution < 1.29 is 9.59 Å². The molecule has 0 spiro atoms. The zero-order chi connectivity index (χ0) is 17.8. The standard InChI is InChI=1S/C19H24N4O2/c1-13(14-6-3-2-4-7-14)10-18(24)23-9-5-8-15(12-23)16-11-17(19(20)25)22-21-16/h2-4,6-7,11,13,15H,5,8-10,12H2,1H3,(H2,20,25)(H,21,22)/t13-,15+/m0/s1. The molecule has 25 heavy (non-hydrogen) atoms. The van der Waals surface area contributed by atoms with Gasteiger partial charge in [0.05, 0.1) is 0 Å². The van der Waals surface area contributed by atoms with Crippen LogP contribution in [0.25, 0.3) is 0 Å². The summed E-state index contributed by atoms with van der Waals surface area (Å²) in [6, 6.07) is 11.8. The van der Waals surface area contributed by atoms with Crippen LogP contribution >= 0.6 is 0 Å². The maximum Gasteiger partial charge on any atom is 0.269 e. The molecular formula is C19H24N4O2. The van der Waals surface area contributed by atoms with E-state index in [2.05, 4.69) is 29.3 Å². The molecule has 2 atom stereocenters. The molecule has 2 amide bonds. The van der Waals surface area contributed by atoms with E-state index in [0.717, 1.165) is 25.1 Å². The first-order valence-corrected chi connectivity index (χ1v) is 8.72. The average molecular weight is 340 g/mol. The number of aromatic amines is 1. The first-order valence-electron chi connectivity index (χ1n) is 8.72. The van der Waals surface area contributed by atoms with Gasteiger partial charge in [0.15, 0.2) is 0 Å². The van der Waals surface area contributed by atoms with Gasteiger partial charge in [-0.3, -0.25) is 14.7 Å². The Morgan fingerprint density at radius 2 is 2.12 bits per heavy atom. The third-order valence-electron chi connectivity index (χ3n) is 4.91. The molecule has 132 valence electrons. The molecule has 0 radical (unpaired) electrons. The van der Waals surface area contributed by atoms with Crippen molar-refractivity contribution in [2.24, 2.45) is 5.73 Å². The summed E-state index contributed by atoms with van der Waals surface area (Å²) < 4.78 is 0. The van der Waals surface area contributed by atoms with E-state index in [1.165, 1.54) is 5.56 Å². The van der Waals surface area contributed by atoms with E-state index in [1.54, 1.807) is 6.07 Å². The van der Waals surface area contributed by atoms with Gasteiger partial charge in [0, 0.05) is 31.1 Å². The van der Waals surface area contributed by atoms with E-state index >= 15 is 0 Å². The van der Waals surface area contributed by atoms with Gasteiger partial charge >= 0.3 is 0 Å². The number of hydrogen-bond donors (Lipinski definition) is 2. The molecule has 1 aromatic heterocycles. The van der Waals surface area contributed by atoms with Crippen molar-refractivity contribution in [2.45, 2.75) is 38.0 Å². The van der Waals surface area contributed by atoms with E-state index in [4.69, 9.17) is 5.73 Å².